The molecule has 2 heteroatoms. The molecule has 0 heterocycles. The molecule has 0 aromatic rings. The molecule has 19 heavy (non-hydrogen) atoms. The Morgan fingerprint density at radius 3 is 2.32 bits per heavy atom. The smallest absolute Gasteiger partial charge is 0.0667 e. The number of hydrogen-bond donors (Lipinski definition) is 0. The van der Waals surface area contributed by atoms with Gasteiger partial charge in [-0.25, -0.2) is 0 Å². The van der Waals surface area contributed by atoms with E-state index in [2.05, 4.69) is 37.8 Å². The molecule has 0 radical (unpaired) electrons. The molecule has 0 amide bonds. The van der Waals surface area contributed by atoms with Gasteiger partial charge in [0.05, 0.1) is 6.10 Å². The van der Waals surface area contributed by atoms with Gasteiger partial charge in [0.25, 0.3) is 0 Å². The zero-order valence-corrected chi connectivity index (χ0v) is 13.9. The van der Waals surface area contributed by atoms with Gasteiger partial charge in [0, 0.05) is 39.9 Å². The maximum Gasteiger partial charge on any atom is 0.0667 e. The Balaban J connectivity index is 0.000000198. The van der Waals surface area contributed by atoms with E-state index in [1.165, 1.54) is 37.7 Å². The van der Waals surface area contributed by atoms with Crippen LogP contribution in [0, 0.1) is 17.8 Å². The van der Waals surface area contributed by atoms with E-state index in [0.29, 0.717) is 6.10 Å². The van der Waals surface area contributed by atoms with Crippen molar-refractivity contribution in [2.75, 3.05) is 7.11 Å². The van der Waals surface area contributed by atoms with E-state index in [4.69, 9.17) is 4.74 Å². The van der Waals surface area contributed by atoms with Crippen LogP contribution in [0.2, 0.25) is 0 Å². The number of methoxy groups -OCH3 is 1. The van der Waals surface area contributed by atoms with Gasteiger partial charge in [-0.05, 0) is 36.3 Å². The summed E-state index contributed by atoms with van der Waals surface area (Å²) in [6.07, 6.45) is 13.7. The van der Waals surface area contributed by atoms with E-state index in [-0.39, 0.29) is 20.4 Å². The number of allylic oxidation sites excluding steroid dienone is 2. The topological polar surface area (TPSA) is 9.23 Å². The maximum atomic E-state index is 5.50. The Morgan fingerprint density at radius 2 is 1.95 bits per heavy atom. The van der Waals surface area contributed by atoms with Crippen LogP contribution in [-0.4, -0.2) is 13.2 Å². The molecule has 1 saturated carbocycles. The van der Waals surface area contributed by atoms with Gasteiger partial charge in [0.1, 0.15) is 0 Å². The molecule has 3 aliphatic rings. The molecular formula is C17H26OPd. The Bertz CT molecular complexity index is 347. The normalized spacial score (nSPS) is 33.1. The third kappa shape index (κ3) is 3.93. The van der Waals surface area contributed by atoms with E-state index in [9.17, 15) is 0 Å². The van der Waals surface area contributed by atoms with Crippen molar-refractivity contribution in [1.82, 2.24) is 0 Å². The van der Waals surface area contributed by atoms with E-state index in [1.807, 2.05) is 7.11 Å². The average Bonchev–Trinajstić information content (AvgIpc) is 2.93. The second-order valence-electron chi connectivity index (χ2n) is 5.63. The first kappa shape index (κ1) is 16.9. The van der Waals surface area contributed by atoms with Crippen LogP contribution in [0.15, 0.2) is 29.5 Å². The van der Waals surface area contributed by atoms with Crippen molar-refractivity contribution < 1.29 is 25.2 Å². The predicted octanol–water partition coefficient (Wildman–Crippen LogP) is 4.50. The zero-order chi connectivity index (χ0) is 13.0. The Labute approximate surface area is 131 Å². The Hall–Kier alpha value is -0.118. The third-order valence-corrected chi connectivity index (χ3v) is 4.49. The molecule has 1 fully saturated rings. The van der Waals surface area contributed by atoms with Crippen LogP contribution in [-0.2, 0) is 25.2 Å². The zero-order valence-electron chi connectivity index (χ0n) is 12.3. The Morgan fingerprint density at radius 1 is 1.26 bits per heavy atom. The quantitative estimate of drug-likeness (QED) is 0.411. The molecule has 4 atom stereocenters. The summed E-state index contributed by atoms with van der Waals surface area (Å²) in [5, 5.41) is 0. The van der Waals surface area contributed by atoms with E-state index in [0.717, 1.165) is 17.8 Å². The Kier molecular flexibility index (Phi) is 7.34. The van der Waals surface area contributed by atoms with Crippen LogP contribution < -0.4 is 0 Å². The standard InChI is InChI=1S/C10H16O.C7H10.Pd/c1-3-9-7-4-5-8(6-7)10(9)11-2;1-2-4-7-5-3-6-7;/h4-5,7-10H,3,6H2,1-2H3;3H,2,4-5H2,1H3;. The fourth-order valence-corrected chi connectivity index (χ4v) is 3.49. The SMILES string of the molecule is CCC1C2C=CC(C2)C1OC.CCCC1=C=CC1.[Pd]. The minimum atomic E-state index is 0. The van der Waals surface area contributed by atoms with Gasteiger partial charge in [-0.3, -0.25) is 0 Å². The van der Waals surface area contributed by atoms with Gasteiger partial charge in [-0.15, -0.1) is 5.73 Å². The van der Waals surface area contributed by atoms with Crippen LogP contribution in [0.25, 0.3) is 0 Å². The maximum absolute atomic E-state index is 5.50. The number of hydrogen-bond acceptors (Lipinski definition) is 1. The van der Waals surface area contributed by atoms with Crippen LogP contribution in [0.1, 0.15) is 46.0 Å². The second-order valence-corrected chi connectivity index (χ2v) is 5.63. The molecule has 0 aromatic heterocycles. The third-order valence-electron chi connectivity index (χ3n) is 4.49. The van der Waals surface area contributed by atoms with E-state index < -0.39 is 0 Å². The van der Waals surface area contributed by atoms with Crippen molar-refractivity contribution in [3.05, 3.63) is 29.5 Å². The first-order valence-electron chi connectivity index (χ1n) is 7.44. The van der Waals surface area contributed by atoms with Crippen molar-refractivity contribution in [2.24, 2.45) is 17.8 Å². The molecule has 3 rings (SSSR count). The summed E-state index contributed by atoms with van der Waals surface area (Å²) in [6, 6.07) is 0. The fourth-order valence-electron chi connectivity index (χ4n) is 3.49. The first-order valence-corrected chi connectivity index (χ1v) is 7.44. The summed E-state index contributed by atoms with van der Waals surface area (Å²) < 4.78 is 5.50. The summed E-state index contributed by atoms with van der Waals surface area (Å²) >= 11 is 0. The van der Waals surface area contributed by atoms with Gasteiger partial charge in [0.2, 0.25) is 0 Å². The summed E-state index contributed by atoms with van der Waals surface area (Å²) in [4.78, 5) is 0. The molecular weight excluding hydrogens is 327 g/mol. The summed E-state index contributed by atoms with van der Waals surface area (Å²) in [7, 11) is 1.85. The van der Waals surface area contributed by atoms with Crippen molar-refractivity contribution in [1.29, 1.82) is 0 Å². The second kappa shape index (κ2) is 8.23. The van der Waals surface area contributed by atoms with E-state index in [1.54, 1.807) is 0 Å². The number of ether oxygens (including phenoxy) is 1. The minimum Gasteiger partial charge on any atom is -0.381 e. The van der Waals surface area contributed by atoms with Gasteiger partial charge < -0.3 is 4.74 Å². The number of rotatable bonds is 4. The molecule has 0 spiro atoms. The van der Waals surface area contributed by atoms with Gasteiger partial charge in [-0.2, -0.15) is 0 Å². The molecule has 0 aliphatic heterocycles. The number of fused-ring (bicyclic) bond motifs is 2. The first-order chi connectivity index (χ1) is 8.80. The van der Waals surface area contributed by atoms with Crippen LogP contribution in [0.5, 0.6) is 0 Å². The molecule has 0 aromatic carbocycles. The van der Waals surface area contributed by atoms with Crippen LogP contribution >= 0.6 is 0 Å². The molecule has 2 bridgehead atoms. The minimum absolute atomic E-state index is 0. The van der Waals surface area contributed by atoms with Crippen LogP contribution in [0.4, 0.5) is 0 Å². The van der Waals surface area contributed by atoms with Crippen molar-refractivity contribution in [3.8, 4) is 0 Å². The molecule has 0 saturated heterocycles. The molecule has 4 unspecified atom stereocenters. The summed E-state index contributed by atoms with van der Waals surface area (Å²) in [5.74, 6) is 2.36. The summed E-state index contributed by atoms with van der Waals surface area (Å²) in [5.41, 5.74) is 4.64. The monoisotopic (exact) mass is 352 g/mol. The van der Waals surface area contributed by atoms with Crippen LogP contribution in [0.3, 0.4) is 0 Å². The average molecular weight is 353 g/mol. The van der Waals surface area contributed by atoms with Crippen molar-refractivity contribution in [2.45, 2.75) is 52.1 Å². The molecule has 3 aliphatic carbocycles. The van der Waals surface area contributed by atoms with Gasteiger partial charge in [-0.1, -0.05) is 38.8 Å². The van der Waals surface area contributed by atoms with Gasteiger partial charge in [0.15, 0.2) is 0 Å². The van der Waals surface area contributed by atoms with Gasteiger partial charge >= 0.3 is 0 Å². The van der Waals surface area contributed by atoms with Crippen molar-refractivity contribution in [3.63, 3.8) is 0 Å². The molecule has 110 valence electrons. The predicted molar refractivity (Wildman–Crippen MR) is 76.4 cm³/mol. The molecule has 1 nitrogen and oxygen atoms in total. The largest absolute Gasteiger partial charge is 0.381 e. The van der Waals surface area contributed by atoms with E-state index >= 15 is 0 Å². The fraction of sp³-hybridized carbons (Fsp3) is 0.706. The van der Waals surface area contributed by atoms with Crippen molar-refractivity contribution >= 4 is 0 Å². The molecule has 0 N–H and O–H groups in total. The summed E-state index contributed by atoms with van der Waals surface area (Å²) in [6.45, 7) is 4.47.